The van der Waals surface area contributed by atoms with Crippen LogP contribution in [0.4, 0.5) is 0 Å². The maximum Gasteiger partial charge on any atom is 0.181 e. The Bertz CT molecular complexity index is 209. The highest BCUT2D eigenvalue weighted by atomic mass is 16.4. The molecule has 10 heavy (non-hydrogen) atoms. The summed E-state index contributed by atoms with van der Waals surface area (Å²) in [6.45, 7) is 1.92. The fourth-order valence-electron chi connectivity index (χ4n) is 0.738. The molecule has 0 saturated carbocycles. The number of aliphatic hydroxyl groups excluding tert-OH is 1. The van der Waals surface area contributed by atoms with Crippen LogP contribution in [0.15, 0.2) is 10.8 Å². The highest BCUT2D eigenvalue weighted by molar-refractivity contribution is 5.07. The summed E-state index contributed by atoms with van der Waals surface area (Å²) >= 11 is 0. The molecule has 0 spiro atoms. The fraction of sp³-hybridized carbons (Fsp3) is 0.500. The third-order valence-electron chi connectivity index (χ3n) is 1.31. The first-order valence-corrected chi connectivity index (χ1v) is 3.04. The van der Waals surface area contributed by atoms with Crippen molar-refractivity contribution >= 4 is 0 Å². The molecule has 3 N–H and O–H groups in total. The van der Waals surface area contributed by atoms with Gasteiger partial charge in [-0.05, 0) is 6.92 Å². The van der Waals surface area contributed by atoms with Crippen LogP contribution in [0.2, 0.25) is 0 Å². The van der Waals surface area contributed by atoms with E-state index in [1.807, 2.05) is 0 Å². The van der Waals surface area contributed by atoms with Crippen LogP contribution >= 0.6 is 0 Å². The summed E-state index contributed by atoms with van der Waals surface area (Å²) in [6.07, 6.45) is 0.575. The number of oxazole rings is 1. The summed E-state index contributed by atoms with van der Waals surface area (Å²) in [5.74, 6) is 0.461. The minimum Gasteiger partial charge on any atom is -0.445 e. The van der Waals surface area contributed by atoms with E-state index in [2.05, 4.69) is 4.98 Å². The topological polar surface area (TPSA) is 72.3 Å². The molecule has 1 heterocycles. The van der Waals surface area contributed by atoms with E-state index in [4.69, 9.17) is 15.3 Å². The van der Waals surface area contributed by atoms with Crippen molar-refractivity contribution < 1.29 is 9.52 Å². The Kier molecular flexibility index (Phi) is 2.03. The molecule has 0 bridgehead atoms. The van der Waals surface area contributed by atoms with E-state index < -0.39 is 6.10 Å². The fourth-order valence-corrected chi connectivity index (χ4v) is 0.738. The third kappa shape index (κ3) is 1.17. The molecule has 4 heteroatoms. The molecule has 0 saturated heterocycles. The zero-order valence-corrected chi connectivity index (χ0v) is 5.74. The molecule has 0 radical (unpaired) electrons. The lowest BCUT2D eigenvalue weighted by Crippen LogP contribution is -2.11. The molecule has 4 nitrogen and oxygen atoms in total. The third-order valence-corrected chi connectivity index (χ3v) is 1.31. The number of aliphatic hydroxyl groups is 1. The maximum atomic E-state index is 9.14. The smallest absolute Gasteiger partial charge is 0.181 e. The van der Waals surface area contributed by atoms with E-state index >= 15 is 0 Å². The van der Waals surface area contributed by atoms with Gasteiger partial charge in [-0.2, -0.15) is 0 Å². The van der Waals surface area contributed by atoms with Crippen molar-refractivity contribution in [3.8, 4) is 0 Å². The van der Waals surface area contributed by atoms with E-state index in [0.29, 0.717) is 11.5 Å². The van der Waals surface area contributed by atoms with Crippen molar-refractivity contribution in [2.45, 2.75) is 13.0 Å². The van der Waals surface area contributed by atoms with Crippen molar-refractivity contribution in [2.24, 2.45) is 5.73 Å². The van der Waals surface area contributed by atoms with Gasteiger partial charge in [-0.1, -0.05) is 0 Å². The molecule has 0 aliphatic carbocycles. The van der Waals surface area contributed by atoms with Gasteiger partial charge in [0.05, 0.1) is 5.69 Å². The number of nitrogens with two attached hydrogens (primary N) is 1. The van der Waals surface area contributed by atoms with Gasteiger partial charge in [-0.15, -0.1) is 0 Å². The van der Waals surface area contributed by atoms with Crippen LogP contribution in [0, 0.1) is 6.92 Å². The van der Waals surface area contributed by atoms with Crippen molar-refractivity contribution in [3.05, 3.63) is 17.8 Å². The standard InChI is InChI=1S/C6H10N2O2/c1-4-6(5(9)2-7)10-3-8-4/h3,5,9H,2,7H2,1H3. The second-order valence-corrected chi connectivity index (χ2v) is 2.05. The van der Waals surface area contributed by atoms with Gasteiger partial charge in [-0.3, -0.25) is 0 Å². The molecule has 1 rings (SSSR count). The lowest BCUT2D eigenvalue weighted by atomic mass is 10.2. The summed E-state index contributed by atoms with van der Waals surface area (Å²) in [4.78, 5) is 3.80. The lowest BCUT2D eigenvalue weighted by molar-refractivity contribution is 0.157. The number of hydrogen-bond donors (Lipinski definition) is 2. The minimum absolute atomic E-state index is 0.163. The SMILES string of the molecule is Cc1ncoc1C(O)CN. The van der Waals surface area contributed by atoms with Gasteiger partial charge in [0.2, 0.25) is 0 Å². The van der Waals surface area contributed by atoms with E-state index in [0.717, 1.165) is 0 Å². The zero-order valence-electron chi connectivity index (χ0n) is 5.74. The number of nitrogens with zero attached hydrogens (tertiary/aromatic N) is 1. The van der Waals surface area contributed by atoms with Crippen LogP contribution in [0.1, 0.15) is 17.6 Å². The second kappa shape index (κ2) is 2.81. The number of aromatic nitrogens is 1. The van der Waals surface area contributed by atoms with Gasteiger partial charge < -0.3 is 15.3 Å². The van der Waals surface area contributed by atoms with Gasteiger partial charge in [0.1, 0.15) is 6.10 Å². The van der Waals surface area contributed by atoms with Gasteiger partial charge in [-0.25, -0.2) is 4.98 Å². The molecular formula is C6H10N2O2. The average molecular weight is 142 g/mol. The predicted octanol–water partition coefficient (Wildman–Crippen LogP) is -0.0249. The molecule has 1 aromatic heterocycles. The van der Waals surface area contributed by atoms with Gasteiger partial charge >= 0.3 is 0 Å². The van der Waals surface area contributed by atoms with Crippen LogP contribution in [-0.2, 0) is 0 Å². The molecule has 56 valence electrons. The van der Waals surface area contributed by atoms with E-state index in [9.17, 15) is 0 Å². The Balaban J connectivity index is 2.82. The molecule has 1 unspecified atom stereocenters. The molecule has 0 fully saturated rings. The van der Waals surface area contributed by atoms with E-state index in [-0.39, 0.29) is 6.54 Å². The highest BCUT2D eigenvalue weighted by Gasteiger charge is 2.11. The lowest BCUT2D eigenvalue weighted by Gasteiger charge is -2.02. The van der Waals surface area contributed by atoms with Crippen molar-refractivity contribution in [2.75, 3.05) is 6.54 Å². The molecular weight excluding hydrogens is 132 g/mol. The summed E-state index contributed by atoms with van der Waals surface area (Å²) < 4.78 is 4.88. The predicted molar refractivity (Wildman–Crippen MR) is 35.3 cm³/mol. The van der Waals surface area contributed by atoms with Crippen molar-refractivity contribution in [1.82, 2.24) is 4.98 Å². The molecule has 0 amide bonds. The van der Waals surface area contributed by atoms with Crippen LogP contribution in [0.5, 0.6) is 0 Å². The van der Waals surface area contributed by atoms with Crippen molar-refractivity contribution in [3.63, 3.8) is 0 Å². The molecule has 1 atom stereocenters. The Morgan fingerprint density at radius 2 is 2.60 bits per heavy atom. The van der Waals surface area contributed by atoms with Gasteiger partial charge in [0.25, 0.3) is 0 Å². The summed E-state index contributed by atoms with van der Waals surface area (Å²) in [6, 6.07) is 0. The Morgan fingerprint density at radius 3 is 3.00 bits per heavy atom. The van der Waals surface area contributed by atoms with Gasteiger partial charge in [0, 0.05) is 6.54 Å². The van der Waals surface area contributed by atoms with E-state index in [1.54, 1.807) is 6.92 Å². The first-order valence-electron chi connectivity index (χ1n) is 3.04. The van der Waals surface area contributed by atoms with Crippen LogP contribution < -0.4 is 5.73 Å². The van der Waals surface area contributed by atoms with E-state index in [1.165, 1.54) is 6.39 Å². The maximum absolute atomic E-state index is 9.14. The number of hydrogen-bond acceptors (Lipinski definition) is 4. The monoisotopic (exact) mass is 142 g/mol. The van der Waals surface area contributed by atoms with Crippen molar-refractivity contribution in [1.29, 1.82) is 0 Å². The second-order valence-electron chi connectivity index (χ2n) is 2.05. The Hall–Kier alpha value is -0.870. The van der Waals surface area contributed by atoms with Crippen LogP contribution in [0.25, 0.3) is 0 Å². The molecule has 0 aromatic carbocycles. The average Bonchev–Trinajstić information content (AvgIpc) is 2.34. The number of rotatable bonds is 2. The molecule has 0 aliphatic rings. The number of aryl methyl sites for hydroxylation is 1. The summed E-state index contributed by atoms with van der Waals surface area (Å²) in [7, 11) is 0. The summed E-state index contributed by atoms with van der Waals surface area (Å²) in [5, 5.41) is 9.14. The normalized spacial score (nSPS) is 13.5. The highest BCUT2D eigenvalue weighted by Crippen LogP contribution is 2.13. The molecule has 1 aromatic rings. The minimum atomic E-state index is -0.720. The van der Waals surface area contributed by atoms with Gasteiger partial charge in [0.15, 0.2) is 12.2 Å². The zero-order chi connectivity index (χ0) is 7.56. The Morgan fingerprint density at radius 1 is 1.90 bits per heavy atom. The first kappa shape index (κ1) is 7.24. The summed E-state index contributed by atoms with van der Waals surface area (Å²) in [5.41, 5.74) is 5.89. The van der Waals surface area contributed by atoms with Crippen LogP contribution in [-0.4, -0.2) is 16.6 Å². The van der Waals surface area contributed by atoms with Crippen LogP contribution in [0.3, 0.4) is 0 Å². The Labute approximate surface area is 58.7 Å². The first-order chi connectivity index (χ1) is 4.75. The quantitative estimate of drug-likeness (QED) is 0.608. The largest absolute Gasteiger partial charge is 0.445 e. The molecule has 0 aliphatic heterocycles.